The van der Waals surface area contributed by atoms with Crippen LogP contribution in [0.3, 0.4) is 0 Å². The highest BCUT2D eigenvalue weighted by atomic mass is 16.5. The van der Waals surface area contributed by atoms with Gasteiger partial charge in [0.1, 0.15) is 5.52 Å². The van der Waals surface area contributed by atoms with Gasteiger partial charge in [-0.1, -0.05) is 0 Å². The second kappa shape index (κ2) is 8.82. The number of aromatic nitrogens is 3. The summed E-state index contributed by atoms with van der Waals surface area (Å²) in [7, 11) is 0. The van der Waals surface area contributed by atoms with Crippen LogP contribution >= 0.6 is 0 Å². The number of pyridine rings is 1. The summed E-state index contributed by atoms with van der Waals surface area (Å²) in [4.78, 5) is 38.2. The maximum absolute atomic E-state index is 12.8. The molecule has 0 bridgehead atoms. The van der Waals surface area contributed by atoms with Crippen molar-refractivity contribution < 1.29 is 14.3 Å². The van der Waals surface area contributed by atoms with Crippen LogP contribution in [0.5, 0.6) is 0 Å². The van der Waals surface area contributed by atoms with Crippen molar-refractivity contribution in [2.75, 3.05) is 39.4 Å². The summed E-state index contributed by atoms with van der Waals surface area (Å²) in [5, 5.41) is 3.12. The van der Waals surface area contributed by atoms with Gasteiger partial charge < -0.3 is 24.4 Å². The molecule has 9 nitrogen and oxygen atoms in total. The van der Waals surface area contributed by atoms with E-state index in [0.717, 1.165) is 76.0 Å². The molecule has 3 saturated heterocycles. The highest BCUT2D eigenvalue weighted by Gasteiger charge is 2.28. The number of ether oxygens (including phenoxy) is 1. The molecule has 5 heterocycles. The molecular formula is C22H30N6O3. The molecule has 0 atom stereocenters. The van der Waals surface area contributed by atoms with Crippen molar-refractivity contribution in [3.05, 3.63) is 24.2 Å². The van der Waals surface area contributed by atoms with Gasteiger partial charge in [-0.3, -0.25) is 4.79 Å². The van der Waals surface area contributed by atoms with Gasteiger partial charge in [0, 0.05) is 57.7 Å². The summed E-state index contributed by atoms with van der Waals surface area (Å²) in [6.45, 7) is 4.63. The molecule has 0 saturated carbocycles. The number of nitrogens with zero attached hydrogens (tertiary/aromatic N) is 5. The number of fused-ring (bicyclic) bond motifs is 1. The van der Waals surface area contributed by atoms with Gasteiger partial charge in [0.2, 0.25) is 0 Å². The van der Waals surface area contributed by atoms with E-state index in [-0.39, 0.29) is 18.0 Å². The van der Waals surface area contributed by atoms with Gasteiger partial charge >= 0.3 is 6.03 Å². The van der Waals surface area contributed by atoms with Crippen LogP contribution < -0.4 is 5.32 Å². The van der Waals surface area contributed by atoms with Crippen molar-refractivity contribution in [1.82, 2.24) is 29.7 Å². The number of rotatable bonds is 3. The predicted octanol–water partition coefficient (Wildman–Crippen LogP) is 2.19. The first-order valence-electron chi connectivity index (χ1n) is 11.4. The van der Waals surface area contributed by atoms with E-state index in [4.69, 9.17) is 4.74 Å². The lowest BCUT2D eigenvalue weighted by Crippen LogP contribution is -2.50. The van der Waals surface area contributed by atoms with Crippen LogP contribution in [0.15, 0.2) is 18.6 Å². The SMILES string of the molecule is O=C(NC1CCN(C(=O)N2CCCC2)CC1)c1cnc2c(c1)ncn2C1CCOCC1. The largest absolute Gasteiger partial charge is 0.381 e. The van der Waals surface area contributed by atoms with Crippen molar-refractivity contribution in [3.8, 4) is 0 Å². The fourth-order valence-corrected chi connectivity index (χ4v) is 4.87. The Labute approximate surface area is 181 Å². The first-order chi connectivity index (χ1) is 15.2. The zero-order valence-electron chi connectivity index (χ0n) is 17.8. The summed E-state index contributed by atoms with van der Waals surface area (Å²) in [6, 6.07) is 2.39. The van der Waals surface area contributed by atoms with Crippen molar-refractivity contribution in [3.63, 3.8) is 0 Å². The van der Waals surface area contributed by atoms with Gasteiger partial charge in [-0.2, -0.15) is 0 Å². The van der Waals surface area contributed by atoms with Crippen molar-refractivity contribution in [1.29, 1.82) is 0 Å². The minimum atomic E-state index is -0.126. The van der Waals surface area contributed by atoms with E-state index in [1.54, 1.807) is 6.20 Å². The first kappa shape index (κ1) is 20.2. The fraction of sp³-hybridized carbons (Fsp3) is 0.636. The molecule has 3 amide bonds. The molecule has 0 radical (unpaired) electrons. The maximum Gasteiger partial charge on any atom is 0.319 e. The molecule has 3 aliphatic rings. The lowest BCUT2D eigenvalue weighted by Gasteiger charge is -2.34. The Morgan fingerprint density at radius 1 is 0.968 bits per heavy atom. The van der Waals surface area contributed by atoms with Crippen molar-refractivity contribution in [2.45, 2.75) is 50.6 Å². The number of carbonyl (C=O) groups is 2. The Kier molecular flexibility index (Phi) is 5.76. The van der Waals surface area contributed by atoms with Gasteiger partial charge in [0.15, 0.2) is 5.65 Å². The van der Waals surface area contributed by atoms with Crippen LogP contribution in [-0.2, 0) is 4.74 Å². The molecule has 0 unspecified atom stereocenters. The third-order valence-corrected chi connectivity index (χ3v) is 6.74. The summed E-state index contributed by atoms with van der Waals surface area (Å²) in [6.07, 6.45) is 9.12. The number of hydrogen-bond donors (Lipinski definition) is 1. The third kappa shape index (κ3) is 4.23. The molecule has 1 N–H and O–H groups in total. The van der Waals surface area contributed by atoms with E-state index in [0.29, 0.717) is 24.7 Å². The Hall–Kier alpha value is -2.68. The summed E-state index contributed by atoms with van der Waals surface area (Å²) in [5.74, 6) is -0.126. The molecule has 9 heteroatoms. The van der Waals surface area contributed by atoms with Gasteiger partial charge in [-0.15, -0.1) is 0 Å². The average molecular weight is 427 g/mol. The molecule has 2 aromatic rings. The minimum absolute atomic E-state index is 0.0746. The van der Waals surface area contributed by atoms with E-state index in [2.05, 4.69) is 19.9 Å². The number of hydrogen-bond acceptors (Lipinski definition) is 5. The first-order valence-corrected chi connectivity index (χ1v) is 11.4. The van der Waals surface area contributed by atoms with Crippen molar-refractivity contribution in [2.24, 2.45) is 0 Å². The van der Waals surface area contributed by atoms with Gasteiger partial charge in [0.25, 0.3) is 5.91 Å². The van der Waals surface area contributed by atoms with E-state index < -0.39 is 0 Å². The molecule has 166 valence electrons. The van der Waals surface area contributed by atoms with Crippen LogP contribution in [-0.4, -0.2) is 81.7 Å². The monoisotopic (exact) mass is 426 g/mol. The predicted molar refractivity (Wildman–Crippen MR) is 115 cm³/mol. The zero-order valence-corrected chi connectivity index (χ0v) is 17.8. The van der Waals surface area contributed by atoms with Gasteiger partial charge in [-0.25, -0.2) is 14.8 Å². The summed E-state index contributed by atoms with van der Waals surface area (Å²) >= 11 is 0. The Morgan fingerprint density at radius 2 is 1.68 bits per heavy atom. The smallest absolute Gasteiger partial charge is 0.319 e. The van der Waals surface area contributed by atoms with Gasteiger partial charge in [0.05, 0.1) is 11.9 Å². The second-order valence-corrected chi connectivity index (χ2v) is 8.77. The molecule has 3 aliphatic heterocycles. The lowest BCUT2D eigenvalue weighted by atomic mass is 10.0. The van der Waals surface area contributed by atoms with E-state index in [9.17, 15) is 9.59 Å². The van der Waals surface area contributed by atoms with E-state index in [1.165, 1.54) is 0 Å². The number of urea groups is 1. The molecule has 0 aromatic carbocycles. The van der Waals surface area contributed by atoms with Crippen molar-refractivity contribution >= 4 is 23.1 Å². The fourth-order valence-electron chi connectivity index (χ4n) is 4.87. The highest BCUT2D eigenvalue weighted by molar-refractivity contribution is 5.96. The molecule has 3 fully saturated rings. The lowest BCUT2D eigenvalue weighted by molar-refractivity contribution is 0.0704. The van der Waals surface area contributed by atoms with Gasteiger partial charge in [-0.05, 0) is 44.6 Å². The number of imidazole rings is 1. The molecule has 0 aliphatic carbocycles. The van der Waals surface area contributed by atoms with Crippen LogP contribution in [0.1, 0.15) is 54.9 Å². The zero-order chi connectivity index (χ0) is 21.2. The Morgan fingerprint density at radius 3 is 2.42 bits per heavy atom. The summed E-state index contributed by atoms with van der Waals surface area (Å²) in [5.41, 5.74) is 2.09. The summed E-state index contributed by atoms with van der Waals surface area (Å²) < 4.78 is 7.55. The van der Waals surface area contributed by atoms with Crippen LogP contribution in [0.4, 0.5) is 4.79 Å². The van der Waals surface area contributed by atoms with E-state index >= 15 is 0 Å². The maximum atomic E-state index is 12.8. The van der Waals surface area contributed by atoms with Crippen LogP contribution in [0.2, 0.25) is 0 Å². The van der Waals surface area contributed by atoms with Crippen LogP contribution in [0.25, 0.3) is 11.2 Å². The number of piperidine rings is 1. The second-order valence-electron chi connectivity index (χ2n) is 8.77. The highest BCUT2D eigenvalue weighted by Crippen LogP contribution is 2.25. The Balaban J connectivity index is 1.18. The molecule has 31 heavy (non-hydrogen) atoms. The molecular weight excluding hydrogens is 396 g/mol. The number of nitrogens with one attached hydrogen (secondary N) is 1. The molecule has 2 aromatic heterocycles. The minimum Gasteiger partial charge on any atom is -0.381 e. The molecule has 0 spiro atoms. The normalized spacial score (nSPS) is 21.0. The topological polar surface area (TPSA) is 92.6 Å². The third-order valence-electron chi connectivity index (χ3n) is 6.74. The quantitative estimate of drug-likeness (QED) is 0.812. The standard InChI is InChI=1S/C22H30N6O3/c29-21(25-17-3-9-27(10-4-17)22(30)26-7-1-2-8-26)16-13-19-20(23-14-16)28(15-24-19)18-5-11-31-12-6-18/h13-15,17-18H,1-12H2,(H,25,29). The Bertz CT molecular complexity index is 940. The number of carbonyl (C=O) groups excluding carboxylic acids is 2. The average Bonchev–Trinajstić information content (AvgIpc) is 3.49. The van der Waals surface area contributed by atoms with E-state index in [1.807, 2.05) is 22.2 Å². The number of amides is 3. The van der Waals surface area contributed by atoms with Crippen LogP contribution in [0, 0.1) is 0 Å². The molecule has 5 rings (SSSR count). The number of likely N-dealkylation sites (tertiary alicyclic amines) is 2.